The molecule has 3 heterocycles. The second-order valence-electron chi connectivity index (χ2n) is 6.80. The van der Waals surface area contributed by atoms with Gasteiger partial charge < -0.3 is 0 Å². The Hall–Kier alpha value is -0.860. The van der Waals surface area contributed by atoms with E-state index in [0.29, 0.717) is 5.54 Å². The molecule has 4 atom stereocenters. The van der Waals surface area contributed by atoms with Crippen LogP contribution in [0.1, 0.15) is 24.0 Å². The number of nitrogens with zero attached hydrogens (tertiary/aromatic N) is 2. The van der Waals surface area contributed by atoms with Crippen LogP contribution in [0.5, 0.6) is 0 Å². The molecule has 0 radical (unpaired) electrons. The Bertz CT molecular complexity index is 526. The van der Waals surface area contributed by atoms with E-state index in [9.17, 15) is 0 Å². The Labute approximate surface area is 109 Å². The van der Waals surface area contributed by atoms with Crippen LogP contribution < -0.4 is 0 Å². The lowest BCUT2D eigenvalue weighted by Gasteiger charge is -2.44. The van der Waals surface area contributed by atoms with Crippen molar-refractivity contribution >= 4 is 0 Å². The number of rotatable bonds is 0. The number of hydrogen-bond acceptors (Lipinski definition) is 2. The van der Waals surface area contributed by atoms with Crippen molar-refractivity contribution < 1.29 is 0 Å². The molecular formula is C16H20N2. The molecule has 0 bridgehead atoms. The lowest BCUT2D eigenvalue weighted by atomic mass is 9.95. The SMILES string of the molecule is CN1Cc2ccccc2CC2C1C1CC13CCN23. The van der Waals surface area contributed by atoms with E-state index in [-0.39, 0.29) is 0 Å². The number of fused-ring (bicyclic) bond motifs is 4. The molecule has 2 heteroatoms. The standard InChI is InChI=1S/C16H20N2/c1-17-10-12-5-3-2-4-11(12)8-14-15(17)13-9-16(13)6-7-18(14)16/h2-5,13-15H,6-10H2,1H3. The van der Waals surface area contributed by atoms with E-state index in [2.05, 4.69) is 41.1 Å². The van der Waals surface area contributed by atoms with Crippen LogP contribution in [0.25, 0.3) is 0 Å². The van der Waals surface area contributed by atoms with Gasteiger partial charge in [0.2, 0.25) is 0 Å². The summed E-state index contributed by atoms with van der Waals surface area (Å²) in [6, 6.07) is 10.7. The summed E-state index contributed by atoms with van der Waals surface area (Å²) >= 11 is 0. The zero-order valence-electron chi connectivity index (χ0n) is 11.0. The molecule has 2 nitrogen and oxygen atoms in total. The minimum atomic E-state index is 0.676. The summed E-state index contributed by atoms with van der Waals surface area (Å²) < 4.78 is 0. The molecule has 18 heavy (non-hydrogen) atoms. The smallest absolute Gasteiger partial charge is 0.0302 e. The first kappa shape index (κ1) is 9.99. The zero-order chi connectivity index (χ0) is 11.9. The van der Waals surface area contributed by atoms with Gasteiger partial charge in [-0.2, -0.15) is 0 Å². The Morgan fingerprint density at radius 2 is 2.06 bits per heavy atom. The third kappa shape index (κ3) is 0.996. The van der Waals surface area contributed by atoms with Gasteiger partial charge in [0, 0.05) is 30.7 Å². The van der Waals surface area contributed by atoms with Gasteiger partial charge in [-0.15, -0.1) is 0 Å². The van der Waals surface area contributed by atoms with E-state index < -0.39 is 0 Å². The highest BCUT2D eigenvalue weighted by molar-refractivity contribution is 5.36. The summed E-state index contributed by atoms with van der Waals surface area (Å²) in [5.41, 5.74) is 3.83. The molecule has 1 aliphatic carbocycles. The van der Waals surface area contributed by atoms with Crippen LogP contribution in [0.4, 0.5) is 0 Å². The average molecular weight is 240 g/mol. The van der Waals surface area contributed by atoms with Gasteiger partial charge in [0.1, 0.15) is 0 Å². The van der Waals surface area contributed by atoms with Crippen LogP contribution in [-0.4, -0.2) is 41.0 Å². The van der Waals surface area contributed by atoms with Gasteiger partial charge in [-0.25, -0.2) is 0 Å². The van der Waals surface area contributed by atoms with E-state index in [0.717, 1.165) is 24.5 Å². The Morgan fingerprint density at radius 1 is 1.22 bits per heavy atom. The molecule has 2 saturated heterocycles. The molecule has 0 amide bonds. The molecule has 1 aromatic carbocycles. The van der Waals surface area contributed by atoms with Crippen molar-refractivity contribution in [3.63, 3.8) is 0 Å². The molecule has 3 aliphatic heterocycles. The van der Waals surface area contributed by atoms with Gasteiger partial charge in [-0.05, 0) is 43.4 Å². The number of likely N-dealkylation sites (N-methyl/N-ethyl adjacent to an activating group) is 1. The molecule has 5 rings (SSSR count). The van der Waals surface area contributed by atoms with Crippen molar-refractivity contribution in [2.45, 2.75) is 43.4 Å². The zero-order valence-corrected chi connectivity index (χ0v) is 11.0. The fourth-order valence-electron chi connectivity index (χ4n) is 5.20. The first-order valence-electron chi connectivity index (χ1n) is 7.33. The first-order valence-corrected chi connectivity index (χ1v) is 7.33. The maximum Gasteiger partial charge on any atom is 0.0302 e. The molecule has 94 valence electrons. The summed E-state index contributed by atoms with van der Waals surface area (Å²) in [5.74, 6) is 0.982. The molecule has 1 aromatic rings. The summed E-state index contributed by atoms with van der Waals surface area (Å²) in [5, 5.41) is 0. The Morgan fingerprint density at radius 3 is 2.83 bits per heavy atom. The van der Waals surface area contributed by atoms with Crippen molar-refractivity contribution in [1.29, 1.82) is 0 Å². The Kier molecular flexibility index (Phi) is 1.66. The predicted molar refractivity (Wildman–Crippen MR) is 71.4 cm³/mol. The molecular weight excluding hydrogens is 220 g/mol. The Balaban J connectivity index is 1.59. The van der Waals surface area contributed by atoms with Gasteiger partial charge in [-0.3, -0.25) is 9.80 Å². The van der Waals surface area contributed by atoms with Gasteiger partial charge in [0.05, 0.1) is 0 Å². The number of piperidine rings is 1. The monoisotopic (exact) mass is 240 g/mol. The minimum absolute atomic E-state index is 0.676. The van der Waals surface area contributed by atoms with Gasteiger partial charge in [0.25, 0.3) is 0 Å². The minimum Gasteiger partial charge on any atom is -0.297 e. The van der Waals surface area contributed by atoms with Gasteiger partial charge >= 0.3 is 0 Å². The predicted octanol–water partition coefficient (Wildman–Crippen LogP) is 1.89. The molecule has 4 unspecified atom stereocenters. The fourth-order valence-corrected chi connectivity index (χ4v) is 5.20. The van der Waals surface area contributed by atoms with Crippen LogP contribution in [-0.2, 0) is 13.0 Å². The van der Waals surface area contributed by atoms with Crippen molar-refractivity contribution in [1.82, 2.24) is 9.80 Å². The highest BCUT2D eigenvalue weighted by Gasteiger charge is 2.74. The van der Waals surface area contributed by atoms with Gasteiger partial charge in [-0.1, -0.05) is 24.3 Å². The maximum absolute atomic E-state index is 2.85. The lowest BCUT2D eigenvalue weighted by Crippen LogP contribution is -2.55. The topological polar surface area (TPSA) is 6.48 Å². The van der Waals surface area contributed by atoms with Crippen LogP contribution in [0, 0.1) is 5.92 Å². The van der Waals surface area contributed by atoms with Crippen molar-refractivity contribution in [3.8, 4) is 0 Å². The third-order valence-corrected chi connectivity index (χ3v) is 6.14. The van der Waals surface area contributed by atoms with E-state index in [1.807, 2.05) is 0 Å². The van der Waals surface area contributed by atoms with Crippen molar-refractivity contribution in [2.75, 3.05) is 13.6 Å². The van der Waals surface area contributed by atoms with Crippen LogP contribution in [0.2, 0.25) is 0 Å². The molecule has 3 fully saturated rings. The van der Waals surface area contributed by atoms with E-state index in [1.54, 1.807) is 11.1 Å². The summed E-state index contributed by atoms with van der Waals surface area (Å²) in [7, 11) is 2.34. The molecule has 0 N–H and O–H groups in total. The van der Waals surface area contributed by atoms with Crippen LogP contribution >= 0.6 is 0 Å². The molecule has 1 spiro atoms. The maximum atomic E-state index is 2.85. The number of hydrogen-bond donors (Lipinski definition) is 0. The summed E-state index contributed by atoms with van der Waals surface area (Å²) in [6.07, 6.45) is 4.23. The van der Waals surface area contributed by atoms with E-state index in [4.69, 9.17) is 0 Å². The molecule has 4 aliphatic rings. The van der Waals surface area contributed by atoms with Crippen molar-refractivity contribution in [3.05, 3.63) is 35.4 Å². The van der Waals surface area contributed by atoms with Crippen molar-refractivity contribution in [2.24, 2.45) is 5.92 Å². The third-order valence-electron chi connectivity index (χ3n) is 6.14. The normalized spacial score (nSPS) is 45.3. The molecule has 0 aromatic heterocycles. The second kappa shape index (κ2) is 3.00. The highest BCUT2D eigenvalue weighted by Crippen LogP contribution is 2.66. The number of benzene rings is 1. The van der Waals surface area contributed by atoms with E-state index in [1.165, 1.54) is 25.8 Å². The van der Waals surface area contributed by atoms with E-state index >= 15 is 0 Å². The largest absolute Gasteiger partial charge is 0.297 e. The summed E-state index contributed by atoms with van der Waals surface area (Å²) in [4.78, 5) is 5.50. The van der Waals surface area contributed by atoms with Crippen LogP contribution in [0.15, 0.2) is 24.3 Å². The first-order chi connectivity index (χ1) is 8.79. The molecule has 1 saturated carbocycles. The van der Waals surface area contributed by atoms with Crippen LogP contribution in [0.3, 0.4) is 0 Å². The second-order valence-corrected chi connectivity index (χ2v) is 6.80. The summed E-state index contributed by atoms with van der Waals surface area (Å²) in [6.45, 7) is 2.51. The lowest BCUT2D eigenvalue weighted by molar-refractivity contribution is 0.0370. The van der Waals surface area contributed by atoms with Gasteiger partial charge in [0.15, 0.2) is 0 Å². The highest BCUT2D eigenvalue weighted by atomic mass is 15.4. The quantitative estimate of drug-likeness (QED) is 0.683. The fraction of sp³-hybridized carbons (Fsp3) is 0.625. The average Bonchev–Trinajstić information content (AvgIpc) is 3.04.